The van der Waals surface area contributed by atoms with Gasteiger partial charge in [-0.25, -0.2) is 0 Å². The van der Waals surface area contributed by atoms with Crippen LogP contribution in [0.25, 0.3) is 0 Å². The standard InChI is InChI=1S/C67H110O6/c1-4-7-10-13-16-18-20-22-24-25-26-27-28-29-30-31-32-33-34-35-36-37-38-39-40-41-43-44-46-48-51-54-57-60-66(69)72-63-64(62-71-65(68)59-56-53-50-15-12-9-6-3)73-67(70)61-58-55-52-49-47-45-42-23-21-19-17-14-11-8-5-2/h7,10,16,18,22,24,26-27,29-30,32-33,35-36,38-39,41,43,46,48,64H,4-6,8-9,11-15,17,19-21,23,25,28,31,34,37,40,42,44-45,47,49-63H2,1-3H3/b10-7-,18-16-,24-22-,27-26-,30-29-,33-32-,36-35-,39-38-,43-41-,48-46-. The summed E-state index contributed by atoms with van der Waals surface area (Å²) in [4.78, 5) is 37.9. The molecule has 6 heteroatoms. The maximum Gasteiger partial charge on any atom is 0.306 e. The molecular weight excluding hydrogens is 901 g/mol. The van der Waals surface area contributed by atoms with Crippen molar-refractivity contribution in [3.05, 3.63) is 122 Å². The second-order valence-electron chi connectivity index (χ2n) is 19.5. The fraction of sp³-hybridized carbons (Fsp3) is 0.657. The van der Waals surface area contributed by atoms with Gasteiger partial charge < -0.3 is 14.2 Å². The van der Waals surface area contributed by atoms with Crippen molar-refractivity contribution in [1.29, 1.82) is 0 Å². The van der Waals surface area contributed by atoms with Gasteiger partial charge in [0, 0.05) is 19.3 Å². The molecule has 0 spiro atoms. The molecule has 0 aliphatic rings. The number of allylic oxidation sites excluding steroid dienone is 20. The third-order valence-corrected chi connectivity index (χ3v) is 12.5. The highest BCUT2D eigenvalue weighted by Gasteiger charge is 2.19. The lowest BCUT2D eigenvalue weighted by Crippen LogP contribution is -2.30. The normalized spacial score (nSPS) is 13.0. The van der Waals surface area contributed by atoms with E-state index in [0.29, 0.717) is 19.3 Å². The van der Waals surface area contributed by atoms with Crippen molar-refractivity contribution in [2.75, 3.05) is 13.2 Å². The molecule has 0 aliphatic heterocycles. The Kier molecular flexibility index (Phi) is 56.9. The highest BCUT2D eigenvalue weighted by atomic mass is 16.6. The van der Waals surface area contributed by atoms with Crippen LogP contribution in [0.2, 0.25) is 0 Å². The Labute approximate surface area is 450 Å². The summed E-state index contributed by atoms with van der Waals surface area (Å²) in [5.41, 5.74) is 0. The minimum Gasteiger partial charge on any atom is -0.462 e. The van der Waals surface area contributed by atoms with Crippen LogP contribution in [0.3, 0.4) is 0 Å². The van der Waals surface area contributed by atoms with E-state index in [1.54, 1.807) is 0 Å². The van der Waals surface area contributed by atoms with Gasteiger partial charge in [-0.15, -0.1) is 0 Å². The van der Waals surface area contributed by atoms with Crippen LogP contribution in [0.1, 0.15) is 265 Å². The Morgan fingerprint density at radius 1 is 0.288 bits per heavy atom. The number of carbonyl (C=O) groups excluding carboxylic acids is 3. The lowest BCUT2D eigenvalue weighted by Gasteiger charge is -2.18. The molecular formula is C67H110O6. The molecule has 73 heavy (non-hydrogen) atoms. The Bertz CT molecular complexity index is 1540. The van der Waals surface area contributed by atoms with Crippen LogP contribution in [0, 0.1) is 0 Å². The number of hydrogen-bond acceptors (Lipinski definition) is 6. The van der Waals surface area contributed by atoms with E-state index in [9.17, 15) is 14.4 Å². The fourth-order valence-electron chi connectivity index (χ4n) is 8.00. The van der Waals surface area contributed by atoms with Crippen LogP contribution in [0.5, 0.6) is 0 Å². The molecule has 0 N–H and O–H groups in total. The average Bonchev–Trinajstić information content (AvgIpc) is 3.39. The SMILES string of the molecule is CC/C=C\C/C=C\C/C=C\C/C=C\C/C=C\C/C=C\C/C=C\C/C=C\C/C=C\C/C=C\CCCCC(=O)OCC(COC(=O)CCCCCCCCC)OC(=O)CCCCCCCCCCCCCCCCC. The van der Waals surface area contributed by atoms with Crippen LogP contribution in [0.4, 0.5) is 0 Å². The molecule has 1 unspecified atom stereocenters. The Morgan fingerprint density at radius 3 is 0.836 bits per heavy atom. The summed E-state index contributed by atoms with van der Waals surface area (Å²) < 4.78 is 16.7. The maximum atomic E-state index is 12.8. The van der Waals surface area contributed by atoms with E-state index in [1.165, 1.54) is 103 Å². The van der Waals surface area contributed by atoms with Gasteiger partial charge in [-0.3, -0.25) is 14.4 Å². The monoisotopic (exact) mass is 1010 g/mol. The summed E-state index contributed by atoms with van der Waals surface area (Å²) in [6.45, 7) is 6.45. The average molecular weight is 1010 g/mol. The van der Waals surface area contributed by atoms with Crippen LogP contribution >= 0.6 is 0 Å². The van der Waals surface area contributed by atoms with Crippen molar-refractivity contribution in [2.45, 2.75) is 271 Å². The summed E-state index contributed by atoms with van der Waals surface area (Å²) in [6.07, 6.45) is 83.7. The fourth-order valence-corrected chi connectivity index (χ4v) is 8.00. The molecule has 0 amide bonds. The first kappa shape index (κ1) is 68.8. The van der Waals surface area contributed by atoms with Gasteiger partial charge in [-0.2, -0.15) is 0 Å². The molecule has 0 fully saturated rings. The van der Waals surface area contributed by atoms with Gasteiger partial charge in [0.1, 0.15) is 13.2 Å². The first-order chi connectivity index (χ1) is 36.0. The first-order valence-corrected chi connectivity index (χ1v) is 30.0. The molecule has 0 aromatic rings. The largest absolute Gasteiger partial charge is 0.462 e. The molecule has 0 heterocycles. The number of ether oxygens (including phenoxy) is 3. The van der Waals surface area contributed by atoms with Gasteiger partial charge in [0.05, 0.1) is 0 Å². The predicted molar refractivity (Wildman–Crippen MR) is 316 cm³/mol. The smallest absolute Gasteiger partial charge is 0.306 e. The van der Waals surface area contributed by atoms with Gasteiger partial charge in [0.25, 0.3) is 0 Å². The molecule has 0 rings (SSSR count). The number of rotatable bonds is 53. The van der Waals surface area contributed by atoms with Gasteiger partial charge >= 0.3 is 17.9 Å². The Morgan fingerprint density at radius 2 is 0.534 bits per heavy atom. The zero-order chi connectivity index (χ0) is 52.9. The number of esters is 3. The maximum absolute atomic E-state index is 12.8. The van der Waals surface area contributed by atoms with E-state index >= 15 is 0 Å². The van der Waals surface area contributed by atoms with Gasteiger partial charge in [0.2, 0.25) is 0 Å². The lowest BCUT2D eigenvalue weighted by molar-refractivity contribution is -0.167. The lowest BCUT2D eigenvalue weighted by atomic mass is 10.0. The summed E-state index contributed by atoms with van der Waals surface area (Å²) in [5, 5.41) is 0. The molecule has 1 atom stereocenters. The third-order valence-electron chi connectivity index (χ3n) is 12.5. The molecule has 6 nitrogen and oxygen atoms in total. The minimum absolute atomic E-state index is 0.0909. The van der Waals surface area contributed by atoms with E-state index in [2.05, 4.69) is 142 Å². The molecule has 0 saturated carbocycles. The van der Waals surface area contributed by atoms with Gasteiger partial charge in [-0.05, 0) is 96.3 Å². The topological polar surface area (TPSA) is 78.9 Å². The van der Waals surface area contributed by atoms with Crippen LogP contribution < -0.4 is 0 Å². The Hall–Kier alpha value is -4.19. The van der Waals surface area contributed by atoms with Crippen LogP contribution in [0.15, 0.2) is 122 Å². The van der Waals surface area contributed by atoms with Crippen molar-refractivity contribution in [3.8, 4) is 0 Å². The third kappa shape index (κ3) is 58.6. The number of hydrogen-bond donors (Lipinski definition) is 0. The number of unbranched alkanes of at least 4 members (excludes halogenated alkanes) is 22. The van der Waals surface area contributed by atoms with Crippen molar-refractivity contribution in [3.63, 3.8) is 0 Å². The highest BCUT2D eigenvalue weighted by Crippen LogP contribution is 2.15. The molecule has 0 radical (unpaired) electrons. The predicted octanol–water partition coefficient (Wildman–Crippen LogP) is 20.4. The molecule has 0 bridgehead atoms. The summed E-state index contributed by atoms with van der Waals surface area (Å²) >= 11 is 0. The molecule has 0 aliphatic carbocycles. The zero-order valence-electron chi connectivity index (χ0n) is 47.4. The van der Waals surface area contributed by atoms with Gasteiger partial charge in [-0.1, -0.05) is 271 Å². The number of carbonyl (C=O) groups is 3. The van der Waals surface area contributed by atoms with E-state index in [4.69, 9.17) is 14.2 Å². The van der Waals surface area contributed by atoms with Crippen molar-refractivity contribution >= 4 is 17.9 Å². The summed E-state index contributed by atoms with van der Waals surface area (Å²) in [7, 11) is 0. The summed E-state index contributed by atoms with van der Waals surface area (Å²) in [6, 6.07) is 0. The molecule has 414 valence electrons. The van der Waals surface area contributed by atoms with E-state index < -0.39 is 6.10 Å². The first-order valence-electron chi connectivity index (χ1n) is 30.0. The van der Waals surface area contributed by atoms with Crippen molar-refractivity contribution < 1.29 is 28.6 Å². The minimum atomic E-state index is -0.793. The molecule has 0 aromatic carbocycles. The van der Waals surface area contributed by atoms with Crippen LogP contribution in [-0.4, -0.2) is 37.2 Å². The van der Waals surface area contributed by atoms with E-state index in [-0.39, 0.29) is 31.1 Å². The van der Waals surface area contributed by atoms with E-state index in [1.807, 2.05) is 0 Å². The second kappa shape index (κ2) is 60.4. The second-order valence-corrected chi connectivity index (χ2v) is 19.5. The van der Waals surface area contributed by atoms with Gasteiger partial charge in [0.15, 0.2) is 6.10 Å². The molecule has 0 saturated heterocycles. The molecule has 0 aromatic heterocycles. The quantitative estimate of drug-likeness (QED) is 0.0261. The highest BCUT2D eigenvalue weighted by molar-refractivity contribution is 5.71. The van der Waals surface area contributed by atoms with E-state index in [0.717, 1.165) is 122 Å². The van der Waals surface area contributed by atoms with Crippen molar-refractivity contribution in [1.82, 2.24) is 0 Å². The van der Waals surface area contributed by atoms with Crippen LogP contribution in [-0.2, 0) is 28.6 Å². The summed E-state index contributed by atoms with van der Waals surface area (Å²) in [5.74, 6) is -0.942. The Balaban J connectivity index is 4.24. The van der Waals surface area contributed by atoms with Crippen molar-refractivity contribution in [2.24, 2.45) is 0 Å². The zero-order valence-corrected chi connectivity index (χ0v) is 47.4.